The Balaban J connectivity index is 5.42. The second-order valence-electron chi connectivity index (χ2n) is 6.09. The predicted molar refractivity (Wildman–Crippen MR) is 120 cm³/mol. The summed E-state index contributed by atoms with van der Waals surface area (Å²) in [6.45, 7) is 49.4. The normalized spacial score (nSPS) is 9.42. The molecular formula is C25H29N. The summed E-state index contributed by atoms with van der Waals surface area (Å²) >= 11 is 0. The van der Waals surface area contributed by atoms with Gasteiger partial charge in [0.05, 0.1) is 0 Å². The van der Waals surface area contributed by atoms with Crippen molar-refractivity contribution in [3.8, 4) is 0 Å². The number of nitrogens with two attached hydrogens (primary N) is 1. The van der Waals surface area contributed by atoms with Crippen LogP contribution in [0.15, 0.2) is 146 Å². The highest BCUT2D eigenvalue weighted by Crippen LogP contribution is 2.35. The van der Waals surface area contributed by atoms with Gasteiger partial charge in [-0.15, -0.1) is 0 Å². The Bertz CT molecular complexity index is 775. The molecule has 0 aliphatic carbocycles. The molecule has 0 amide bonds. The van der Waals surface area contributed by atoms with Gasteiger partial charge in [-0.2, -0.15) is 0 Å². The van der Waals surface area contributed by atoms with Crippen LogP contribution >= 0.6 is 0 Å². The van der Waals surface area contributed by atoms with E-state index in [4.69, 9.17) is 5.73 Å². The molecule has 0 radical (unpaired) electrons. The number of hydrogen-bond acceptors (Lipinski definition) is 1. The Morgan fingerprint density at radius 1 is 0.385 bits per heavy atom. The van der Waals surface area contributed by atoms with Crippen molar-refractivity contribution in [1.82, 2.24) is 0 Å². The summed E-state index contributed by atoms with van der Waals surface area (Å²) in [5, 5.41) is 0. The predicted octanol–water partition coefficient (Wildman–Crippen LogP) is 6.60. The third-order valence-electron chi connectivity index (χ3n) is 4.18. The highest BCUT2D eigenvalue weighted by molar-refractivity contribution is 5.71. The maximum Gasteiger partial charge on any atom is 0.0314 e. The Kier molecular flexibility index (Phi) is 7.57. The Morgan fingerprint density at radius 2 is 0.577 bits per heavy atom. The van der Waals surface area contributed by atoms with E-state index in [2.05, 4.69) is 78.9 Å². The largest absolute Gasteiger partial charge is 0.399 e. The summed E-state index contributed by atoms with van der Waals surface area (Å²) in [6, 6.07) is 0. The van der Waals surface area contributed by atoms with Gasteiger partial charge in [-0.05, 0) is 62.7 Å². The standard InChI is InChI=1S/C25H29N/c1-14(2)15(3)16(4)17(5)18(6)19(7)20(8)21(9)22(10)23(11)24(12)25(13)26/h1,3-13,26H2,2H3. The quantitative estimate of drug-likeness (QED) is 0.420. The molecule has 1 nitrogen and oxygen atoms in total. The molecule has 0 aliphatic heterocycles. The number of allylic oxidation sites excluding steroid dienone is 10. The first-order valence-corrected chi connectivity index (χ1v) is 7.78. The van der Waals surface area contributed by atoms with Crippen LogP contribution in [0.4, 0.5) is 0 Å². The summed E-state index contributed by atoms with van der Waals surface area (Å²) in [5.74, 6) is 0. The van der Waals surface area contributed by atoms with Crippen LogP contribution in [0, 0.1) is 0 Å². The van der Waals surface area contributed by atoms with Crippen LogP contribution < -0.4 is 5.73 Å². The lowest BCUT2D eigenvalue weighted by Gasteiger charge is -2.21. The fourth-order valence-corrected chi connectivity index (χ4v) is 1.91. The fourth-order valence-electron chi connectivity index (χ4n) is 1.91. The molecule has 0 aromatic carbocycles. The summed E-state index contributed by atoms with van der Waals surface area (Å²) < 4.78 is 0. The lowest BCUT2D eigenvalue weighted by atomic mass is 9.83. The minimum Gasteiger partial charge on any atom is -0.399 e. The monoisotopic (exact) mass is 343 g/mol. The molecular weight excluding hydrogens is 314 g/mol. The molecule has 134 valence electrons. The summed E-state index contributed by atoms with van der Waals surface area (Å²) in [4.78, 5) is 0. The number of hydrogen-bond donors (Lipinski definition) is 1. The molecule has 0 atom stereocenters. The van der Waals surface area contributed by atoms with Crippen molar-refractivity contribution in [3.05, 3.63) is 146 Å². The van der Waals surface area contributed by atoms with Crippen molar-refractivity contribution in [3.63, 3.8) is 0 Å². The van der Waals surface area contributed by atoms with Crippen LogP contribution in [-0.4, -0.2) is 0 Å². The summed E-state index contributed by atoms with van der Waals surface area (Å²) in [5.41, 5.74) is 12.6. The molecule has 0 aliphatic rings. The first-order chi connectivity index (χ1) is 11.7. The maximum absolute atomic E-state index is 5.67. The highest BCUT2D eigenvalue weighted by Gasteiger charge is 2.17. The van der Waals surface area contributed by atoms with Gasteiger partial charge in [0, 0.05) is 5.70 Å². The second-order valence-corrected chi connectivity index (χ2v) is 6.09. The first-order valence-electron chi connectivity index (χ1n) is 7.78. The minimum absolute atomic E-state index is 0.320. The first kappa shape index (κ1) is 22.7. The fraction of sp³-hybridized carbons (Fsp3) is 0.0400. The van der Waals surface area contributed by atoms with Crippen LogP contribution in [0.25, 0.3) is 0 Å². The Morgan fingerprint density at radius 3 is 0.769 bits per heavy atom. The third-order valence-corrected chi connectivity index (χ3v) is 4.18. The van der Waals surface area contributed by atoms with Crippen LogP contribution in [0.2, 0.25) is 0 Å². The van der Waals surface area contributed by atoms with E-state index in [1.807, 2.05) is 6.92 Å². The highest BCUT2D eigenvalue weighted by atomic mass is 14.6. The van der Waals surface area contributed by atoms with E-state index in [9.17, 15) is 0 Å². The minimum atomic E-state index is 0.320. The molecule has 0 saturated carbocycles. The van der Waals surface area contributed by atoms with E-state index >= 15 is 0 Å². The lowest BCUT2D eigenvalue weighted by molar-refractivity contribution is 1.29. The molecule has 0 bridgehead atoms. The van der Waals surface area contributed by atoms with E-state index in [1.165, 1.54) is 0 Å². The van der Waals surface area contributed by atoms with Gasteiger partial charge in [-0.1, -0.05) is 84.5 Å². The van der Waals surface area contributed by atoms with E-state index in [1.54, 1.807) is 0 Å². The van der Waals surface area contributed by atoms with Gasteiger partial charge in [-0.25, -0.2) is 0 Å². The van der Waals surface area contributed by atoms with Gasteiger partial charge >= 0.3 is 0 Å². The molecule has 0 heterocycles. The molecule has 1 heteroatoms. The molecule has 0 fully saturated rings. The van der Waals surface area contributed by atoms with Crippen molar-refractivity contribution in [1.29, 1.82) is 0 Å². The molecule has 0 rings (SSSR count). The third kappa shape index (κ3) is 4.84. The van der Waals surface area contributed by atoms with Crippen LogP contribution in [-0.2, 0) is 0 Å². The van der Waals surface area contributed by atoms with Gasteiger partial charge in [0.15, 0.2) is 0 Å². The summed E-state index contributed by atoms with van der Waals surface area (Å²) in [7, 11) is 0. The van der Waals surface area contributed by atoms with Gasteiger partial charge in [0.25, 0.3) is 0 Å². The second kappa shape index (κ2) is 8.68. The average Bonchev–Trinajstić information content (AvgIpc) is 2.61. The van der Waals surface area contributed by atoms with Crippen molar-refractivity contribution >= 4 is 0 Å². The van der Waals surface area contributed by atoms with Gasteiger partial charge < -0.3 is 5.73 Å². The van der Waals surface area contributed by atoms with E-state index in [0.29, 0.717) is 61.4 Å². The topological polar surface area (TPSA) is 26.0 Å². The smallest absolute Gasteiger partial charge is 0.0314 e. The zero-order valence-corrected chi connectivity index (χ0v) is 16.1. The molecule has 26 heavy (non-hydrogen) atoms. The van der Waals surface area contributed by atoms with Crippen LogP contribution in [0.5, 0.6) is 0 Å². The molecule has 2 N–H and O–H groups in total. The molecule has 0 spiro atoms. The van der Waals surface area contributed by atoms with Gasteiger partial charge in [0.2, 0.25) is 0 Å². The number of rotatable bonds is 11. The van der Waals surface area contributed by atoms with Crippen molar-refractivity contribution in [2.45, 2.75) is 6.92 Å². The Hall–Kier alpha value is -3.32. The molecule has 0 aromatic heterocycles. The van der Waals surface area contributed by atoms with Gasteiger partial charge in [0.1, 0.15) is 0 Å². The van der Waals surface area contributed by atoms with Crippen LogP contribution in [0.1, 0.15) is 6.92 Å². The van der Waals surface area contributed by atoms with E-state index in [0.717, 1.165) is 5.57 Å². The SMILES string of the molecule is C=C(C)C(=C)C(=C)C(=C)C(=C)C(=C)C(=C)C(=C)C(=C)C(=C)C(=C)C(=C)N. The van der Waals surface area contributed by atoms with E-state index < -0.39 is 0 Å². The summed E-state index contributed by atoms with van der Waals surface area (Å²) in [6.07, 6.45) is 0. The van der Waals surface area contributed by atoms with Crippen molar-refractivity contribution in [2.24, 2.45) is 5.73 Å². The molecule has 0 aromatic rings. The van der Waals surface area contributed by atoms with Crippen molar-refractivity contribution < 1.29 is 0 Å². The molecule has 0 unspecified atom stereocenters. The van der Waals surface area contributed by atoms with Gasteiger partial charge in [-0.3, -0.25) is 0 Å². The van der Waals surface area contributed by atoms with Crippen molar-refractivity contribution in [2.75, 3.05) is 0 Å². The maximum atomic E-state index is 5.67. The van der Waals surface area contributed by atoms with Crippen LogP contribution in [0.3, 0.4) is 0 Å². The average molecular weight is 344 g/mol. The molecule has 0 saturated heterocycles. The zero-order valence-electron chi connectivity index (χ0n) is 16.1. The Labute approximate surface area is 159 Å². The zero-order chi connectivity index (χ0) is 20.9. The lowest BCUT2D eigenvalue weighted by Crippen LogP contribution is -2.05. The van der Waals surface area contributed by atoms with E-state index in [-0.39, 0.29) is 0 Å².